The fourth-order valence-corrected chi connectivity index (χ4v) is 2.37. The van der Waals surface area contributed by atoms with E-state index in [2.05, 4.69) is 15.3 Å². The molecule has 0 atom stereocenters. The van der Waals surface area contributed by atoms with Gasteiger partial charge in [0.15, 0.2) is 0 Å². The molecule has 2 aromatic carbocycles. The molecule has 1 heterocycles. The lowest BCUT2D eigenvalue weighted by Crippen LogP contribution is -2.25. The van der Waals surface area contributed by atoms with Crippen LogP contribution < -0.4 is 5.32 Å². The molecule has 0 aliphatic rings. The number of alkyl carbamates (subject to hydrolysis) is 1. The Morgan fingerprint density at radius 2 is 2.04 bits per heavy atom. The van der Waals surface area contributed by atoms with Crippen molar-refractivity contribution in [1.82, 2.24) is 15.3 Å². The van der Waals surface area contributed by atoms with E-state index in [0.717, 1.165) is 16.9 Å². The monoisotopic (exact) mass is 327 g/mol. The molecule has 0 spiro atoms. The molecule has 0 saturated carbocycles. The van der Waals surface area contributed by atoms with Crippen molar-refractivity contribution in [2.45, 2.75) is 19.4 Å². The van der Waals surface area contributed by atoms with Crippen LogP contribution in [-0.4, -0.2) is 22.6 Å². The van der Waals surface area contributed by atoms with Crippen molar-refractivity contribution >= 4 is 17.1 Å². The number of aryl methyl sites for hydroxylation is 1. The molecule has 24 heavy (non-hydrogen) atoms. The number of aromatic nitrogens is 2. The van der Waals surface area contributed by atoms with Crippen LogP contribution in [0.1, 0.15) is 17.8 Å². The number of nitrogens with zero attached hydrogens (tertiary/aromatic N) is 1. The van der Waals surface area contributed by atoms with E-state index in [1.54, 1.807) is 6.07 Å². The van der Waals surface area contributed by atoms with E-state index < -0.39 is 6.09 Å². The highest BCUT2D eigenvalue weighted by molar-refractivity contribution is 5.74. The Bertz CT molecular complexity index is 818. The van der Waals surface area contributed by atoms with Crippen LogP contribution in [0, 0.1) is 5.82 Å². The number of H-pyrrole nitrogens is 1. The SMILES string of the molecule is O=C(NCCCc1nc2ccc(F)cc2[nH]1)OCc1ccccc1. The topological polar surface area (TPSA) is 67.0 Å². The number of aromatic amines is 1. The van der Waals surface area contributed by atoms with E-state index in [1.807, 2.05) is 30.3 Å². The first-order chi connectivity index (χ1) is 11.7. The zero-order chi connectivity index (χ0) is 16.8. The lowest BCUT2D eigenvalue weighted by molar-refractivity contribution is 0.139. The summed E-state index contributed by atoms with van der Waals surface area (Å²) in [4.78, 5) is 19.1. The molecule has 6 heteroatoms. The maximum atomic E-state index is 13.1. The number of benzene rings is 2. The number of hydrogen-bond acceptors (Lipinski definition) is 3. The third-order valence-corrected chi connectivity index (χ3v) is 3.57. The van der Waals surface area contributed by atoms with E-state index in [0.29, 0.717) is 24.9 Å². The molecule has 0 aliphatic carbocycles. The van der Waals surface area contributed by atoms with Crippen molar-refractivity contribution in [1.29, 1.82) is 0 Å². The van der Waals surface area contributed by atoms with E-state index in [1.165, 1.54) is 12.1 Å². The Balaban J connectivity index is 1.39. The van der Waals surface area contributed by atoms with Gasteiger partial charge in [0.2, 0.25) is 0 Å². The average molecular weight is 327 g/mol. The number of amides is 1. The van der Waals surface area contributed by atoms with E-state index >= 15 is 0 Å². The Morgan fingerprint density at radius 1 is 1.21 bits per heavy atom. The van der Waals surface area contributed by atoms with Crippen LogP contribution in [0.3, 0.4) is 0 Å². The molecule has 0 bridgehead atoms. The van der Waals surface area contributed by atoms with Gasteiger partial charge in [0, 0.05) is 13.0 Å². The molecule has 1 amide bonds. The van der Waals surface area contributed by atoms with Crippen molar-refractivity contribution in [3.8, 4) is 0 Å². The first-order valence-corrected chi connectivity index (χ1v) is 7.79. The number of hydrogen-bond donors (Lipinski definition) is 2. The smallest absolute Gasteiger partial charge is 0.407 e. The molecule has 3 rings (SSSR count). The number of rotatable bonds is 6. The second-order valence-electron chi connectivity index (χ2n) is 5.44. The zero-order valence-electron chi connectivity index (χ0n) is 13.1. The van der Waals surface area contributed by atoms with Gasteiger partial charge in [-0.25, -0.2) is 14.2 Å². The van der Waals surface area contributed by atoms with Gasteiger partial charge in [-0.05, 0) is 30.2 Å². The van der Waals surface area contributed by atoms with Gasteiger partial charge in [-0.15, -0.1) is 0 Å². The van der Waals surface area contributed by atoms with Gasteiger partial charge >= 0.3 is 6.09 Å². The summed E-state index contributed by atoms with van der Waals surface area (Å²) in [6.07, 6.45) is 0.934. The summed E-state index contributed by atoms with van der Waals surface area (Å²) in [5.41, 5.74) is 2.36. The molecule has 0 radical (unpaired) electrons. The van der Waals surface area contributed by atoms with Gasteiger partial charge in [-0.3, -0.25) is 0 Å². The van der Waals surface area contributed by atoms with Crippen LogP contribution >= 0.6 is 0 Å². The Labute approximate surface area is 138 Å². The molecular formula is C18H18FN3O2. The van der Waals surface area contributed by atoms with Crippen LogP contribution in [0.2, 0.25) is 0 Å². The molecule has 0 fully saturated rings. The maximum absolute atomic E-state index is 13.1. The number of halogens is 1. The normalized spacial score (nSPS) is 10.7. The predicted molar refractivity (Wildman–Crippen MR) is 89.0 cm³/mol. The highest BCUT2D eigenvalue weighted by Gasteiger charge is 2.05. The van der Waals surface area contributed by atoms with Gasteiger partial charge in [0.25, 0.3) is 0 Å². The Kier molecular flexibility index (Phi) is 5.05. The van der Waals surface area contributed by atoms with Crippen LogP contribution in [0.25, 0.3) is 11.0 Å². The van der Waals surface area contributed by atoms with Gasteiger partial charge in [-0.2, -0.15) is 0 Å². The quantitative estimate of drug-likeness (QED) is 0.680. The second kappa shape index (κ2) is 7.59. The molecule has 3 aromatic rings. The van der Waals surface area contributed by atoms with E-state index in [4.69, 9.17) is 4.74 Å². The number of nitrogens with one attached hydrogen (secondary N) is 2. The highest BCUT2D eigenvalue weighted by Crippen LogP contribution is 2.13. The molecule has 0 aliphatic heterocycles. The number of carbonyl (C=O) groups excluding carboxylic acids is 1. The largest absolute Gasteiger partial charge is 0.445 e. The number of fused-ring (bicyclic) bond motifs is 1. The lowest BCUT2D eigenvalue weighted by Gasteiger charge is -2.06. The van der Waals surface area contributed by atoms with Crippen molar-refractivity contribution in [3.05, 3.63) is 65.7 Å². The predicted octanol–water partition coefficient (Wildman–Crippen LogP) is 3.56. The molecular weight excluding hydrogens is 309 g/mol. The summed E-state index contributed by atoms with van der Waals surface area (Å²) in [6.45, 7) is 0.737. The highest BCUT2D eigenvalue weighted by atomic mass is 19.1. The minimum Gasteiger partial charge on any atom is -0.445 e. The van der Waals surface area contributed by atoms with Crippen LogP contribution in [0.5, 0.6) is 0 Å². The van der Waals surface area contributed by atoms with Gasteiger partial charge in [0.1, 0.15) is 18.2 Å². The Hall–Kier alpha value is -2.89. The fourth-order valence-electron chi connectivity index (χ4n) is 2.37. The molecule has 0 unspecified atom stereocenters. The first kappa shape index (κ1) is 16.0. The van der Waals surface area contributed by atoms with Gasteiger partial charge < -0.3 is 15.0 Å². The van der Waals surface area contributed by atoms with E-state index in [9.17, 15) is 9.18 Å². The fraction of sp³-hybridized carbons (Fsp3) is 0.222. The average Bonchev–Trinajstić information content (AvgIpc) is 2.99. The Morgan fingerprint density at radius 3 is 2.88 bits per heavy atom. The van der Waals surface area contributed by atoms with Crippen LogP contribution in [0.4, 0.5) is 9.18 Å². The molecule has 5 nitrogen and oxygen atoms in total. The summed E-state index contributed by atoms with van der Waals surface area (Å²) >= 11 is 0. The van der Waals surface area contributed by atoms with Gasteiger partial charge in [0.05, 0.1) is 11.0 Å². The second-order valence-corrected chi connectivity index (χ2v) is 5.44. The van der Waals surface area contributed by atoms with Crippen molar-refractivity contribution in [2.75, 3.05) is 6.54 Å². The molecule has 1 aromatic heterocycles. The van der Waals surface area contributed by atoms with Crippen LogP contribution in [0.15, 0.2) is 48.5 Å². The molecule has 124 valence electrons. The summed E-state index contributed by atoms with van der Waals surface area (Å²) in [7, 11) is 0. The minimum atomic E-state index is -0.439. The van der Waals surface area contributed by atoms with Crippen molar-refractivity contribution < 1.29 is 13.9 Å². The maximum Gasteiger partial charge on any atom is 0.407 e. The summed E-state index contributed by atoms with van der Waals surface area (Å²) in [5.74, 6) is 0.482. The summed E-state index contributed by atoms with van der Waals surface area (Å²) in [6, 6.07) is 14.0. The third-order valence-electron chi connectivity index (χ3n) is 3.57. The van der Waals surface area contributed by atoms with E-state index in [-0.39, 0.29) is 12.4 Å². The van der Waals surface area contributed by atoms with Crippen LogP contribution in [-0.2, 0) is 17.8 Å². The number of ether oxygens (including phenoxy) is 1. The lowest BCUT2D eigenvalue weighted by atomic mass is 10.2. The molecule has 0 saturated heterocycles. The standard InChI is InChI=1S/C18H18FN3O2/c19-14-8-9-15-16(11-14)22-17(21-15)7-4-10-20-18(23)24-12-13-5-2-1-3-6-13/h1-3,5-6,8-9,11H,4,7,10,12H2,(H,20,23)(H,21,22). The van der Waals surface area contributed by atoms with Crippen molar-refractivity contribution in [3.63, 3.8) is 0 Å². The third kappa shape index (κ3) is 4.32. The van der Waals surface area contributed by atoms with Gasteiger partial charge in [-0.1, -0.05) is 30.3 Å². The first-order valence-electron chi connectivity index (χ1n) is 7.79. The summed E-state index contributed by atoms with van der Waals surface area (Å²) < 4.78 is 18.3. The van der Waals surface area contributed by atoms with Crippen molar-refractivity contribution in [2.24, 2.45) is 0 Å². The number of carbonyl (C=O) groups is 1. The minimum absolute atomic E-state index is 0.252. The summed E-state index contributed by atoms with van der Waals surface area (Å²) in [5, 5.41) is 2.70. The molecule has 2 N–H and O–H groups in total. The number of imidazole rings is 1. The zero-order valence-corrected chi connectivity index (χ0v) is 13.1.